The number of fused-ring (bicyclic) bond motifs is 1. The molecule has 0 unspecified atom stereocenters. The molecule has 6 heteroatoms. The average Bonchev–Trinajstić information content (AvgIpc) is 2.91. The number of carboxylic acid groups (broad SMARTS) is 1. The zero-order chi connectivity index (χ0) is 13.6. The number of oxazole rings is 1. The van der Waals surface area contributed by atoms with Crippen LogP contribution in [0, 0.1) is 12.7 Å². The van der Waals surface area contributed by atoms with Gasteiger partial charge in [-0.25, -0.2) is 14.2 Å². The molecule has 0 saturated heterocycles. The number of aromatic carboxylic acids is 1. The van der Waals surface area contributed by atoms with Crippen molar-refractivity contribution < 1.29 is 18.7 Å². The third kappa shape index (κ3) is 2.00. The molecule has 1 aromatic carbocycles. The van der Waals surface area contributed by atoms with Crippen molar-refractivity contribution in [3.05, 3.63) is 41.5 Å². The zero-order valence-corrected chi connectivity index (χ0v) is 10.6. The molecule has 0 aliphatic carbocycles. The molecular weight excluding hydrogens is 269 g/mol. The van der Waals surface area contributed by atoms with Gasteiger partial charge in [0.05, 0.1) is 4.88 Å². The van der Waals surface area contributed by atoms with Gasteiger partial charge in [0.15, 0.2) is 5.69 Å². The number of hydrogen-bond acceptors (Lipinski definition) is 4. The van der Waals surface area contributed by atoms with Crippen molar-refractivity contribution in [1.82, 2.24) is 4.98 Å². The molecule has 0 spiro atoms. The van der Waals surface area contributed by atoms with Crippen LogP contribution in [0.4, 0.5) is 4.39 Å². The number of carbonyl (C=O) groups is 1. The van der Waals surface area contributed by atoms with Crippen molar-refractivity contribution >= 4 is 27.4 Å². The second-order valence-corrected chi connectivity index (χ2v) is 5.11. The third-order valence-electron chi connectivity index (χ3n) is 2.69. The number of halogens is 1. The maximum atomic E-state index is 13.1. The first-order valence-electron chi connectivity index (χ1n) is 5.45. The van der Waals surface area contributed by atoms with Crippen LogP contribution in [0.5, 0.6) is 0 Å². The van der Waals surface area contributed by atoms with Crippen LogP contribution in [0.15, 0.2) is 28.7 Å². The van der Waals surface area contributed by atoms with Crippen LogP contribution in [0.3, 0.4) is 0 Å². The van der Waals surface area contributed by atoms with Crippen molar-refractivity contribution in [2.24, 2.45) is 0 Å². The molecule has 0 amide bonds. The Morgan fingerprint density at radius 1 is 1.42 bits per heavy atom. The summed E-state index contributed by atoms with van der Waals surface area (Å²) < 4.78 is 19.2. The van der Waals surface area contributed by atoms with Crippen molar-refractivity contribution in [1.29, 1.82) is 0 Å². The Bertz CT molecular complexity index is 790. The van der Waals surface area contributed by atoms with Gasteiger partial charge in [-0.15, -0.1) is 11.3 Å². The van der Waals surface area contributed by atoms with Gasteiger partial charge in [0.1, 0.15) is 11.6 Å². The number of aryl methyl sites for hydroxylation is 1. The average molecular weight is 277 g/mol. The molecule has 0 saturated carbocycles. The van der Waals surface area contributed by atoms with Crippen molar-refractivity contribution in [3.8, 4) is 10.8 Å². The van der Waals surface area contributed by atoms with E-state index >= 15 is 0 Å². The highest BCUT2D eigenvalue weighted by atomic mass is 32.1. The monoisotopic (exact) mass is 277 g/mol. The second-order valence-electron chi connectivity index (χ2n) is 4.02. The van der Waals surface area contributed by atoms with Crippen LogP contribution in [-0.4, -0.2) is 16.1 Å². The lowest BCUT2D eigenvalue weighted by Crippen LogP contribution is -1.98. The highest BCUT2D eigenvalue weighted by molar-refractivity contribution is 7.22. The largest absolute Gasteiger partial charge is 0.476 e. The molecule has 0 atom stereocenters. The first-order valence-corrected chi connectivity index (χ1v) is 6.26. The summed E-state index contributed by atoms with van der Waals surface area (Å²) in [6.07, 6.45) is 0. The van der Waals surface area contributed by atoms with Gasteiger partial charge in [-0.1, -0.05) is 6.07 Å². The van der Waals surface area contributed by atoms with Crippen LogP contribution >= 0.6 is 11.3 Å². The SMILES string of the molecule is Cc1oc(-c2cc3ccc(F)cc3s2)nc1C(=O)O. The van der Waals surface area contributed by atoms with E-state index in [1.807, 2.05) is 0 Å². The number of aromatic nitrogens is 1. The summed E-state index contributed by atoms with van der Waals surface area (Å²) >= 11 is 1.31. The Balaban J connectivity index is 2.13. The number of benzene rings is 1. The smallest absolute Gasteiger partial charge is 0.358 e. The molecule has 0 aliphatic rings. The standard InChI is InChI=1S/C13H8FNO3S/c1-6-11(13(16)17)15-12(18-6)10-4-7-2-3-8(14)5-9(7)19-10/h2-5H,1H3,(H,16,17). The predicted molar refractivity (Wildman–Crippen MR) is 69.0 cm³/mol. The van der Waals surface area contributed by atoms with Gasteiger partial charge in [-0.2, -0.15) is 0 Å². The van der Waals surface area contributed by atoms with Crippen molar-refractivity contribution in [3.63, 3.8) is 0 Å². The van der Waals surface area contributed by atoms with E-state index < -0.39 is 5.97 Å². The molecule has 0 bridgehead atoms. The minimum Gasteiger partial charge on any atom is -0.476 e. The van der Waals surface area contributed by atoms with Gasteiger partial charge in [-0.3, -0.25) is 0 Å². The number of hydrogen-bond donors (Lipinski definition) is 1. The molecule has 96 valence electrons. The Hall–Kier alpha value is -2.21. The topological polar surface area (TPSA) is 63.3 Å². The first-order chi connectivity index (χ1) is 9.04. The maximum absolute atomic E-state index is 13.1. The van der Waals surface area contributed by atoms with Crippen LogP contribution in [0.2, 0.25) is 0 Å². The molecule has 1 N–H and O–H groups in total. The summed E-state index contributed by atoms with van der Waals surface area (Å²) in [6.45, 7) is 1.55. The predicted octanol–water partition coefficient (Wildman–Crippen LogP) is 3.70. The lowest BCUT2D eigenvalue weighted by Gasteiger charge is -1.86. The summed E-state index contributed by atoms with van der Waals surface area (Å²) in [5.41, 5.74) is -0.0985. The maximum Gasteiger partial charge on any atom is 0.358 e. The van der Waals surface area contributed by atoms with Gasteiger partial charge in [-0.05, 0) is 30.5 Å². The fourth-order valence-electron chi connectivity index (χ4n) is 1.81. The molecule has 19 heavy (non-hydrogen) atoms. The lowest BCUT2D eigenvalue weighted by atomic mass is 10.2. The van der Waals surface area contributed by atoms with E-state index in [2.05, 4.69) is 4.98 Å². The molecule has 2 aromatic heterocycles. The number of carboxylic acids is 1. The highest BCUT2D eigenvalue weighted by Gasteiger charge is 2.18. The number of thiophene rings is 1. The van der Waals surface area contributed by atoms with E-state index in [0.29, 0.717) is 4.88 Å². The Labute approximate surface area is 111 Å². The Morgan fingerprint density at radius 3 is 2.89 bits per heavy atom. The molecule has 0 aliphatic heterocycles. The second kappa shape index (κ2) is 4.17. The Morgan fingerprint density at radius 2 is 2.21 bits per heavy atom. The Kier molecular flexibility index (Phi) is 2.60. The summed E-state index contributed by atoms with van der Waals surface area (Å²) in [5, 5.41) is 9.80. The number of rotatable bonds is 2. The van der Waals surface area contributed by atoms with E-state index in [-0.39, 0.29) is 23.2 Å². The van der Waals surface area contributed by atoms with Gasteiger partial charge < -0.3 is 9.52 Å². The van der Waals surface area contributed by atoms with E-state index in [4.69, 9.17) is 9.52 Å². The first kappa shape index (κ1) is 11.9. The van der Waals surface area contributed by atoms with Crippen LogP contribution in [0.25, 0.3) is 20.9 Å². The van der Waals surface area contributed by atoms with E-state index in [0.717, 1.165) is 10.1 Å². The molecule has 3 aromatic rings. The van der Waals surface area contributed by atoms with Gasteiger partial charge in [0.2, 0.25) is 5.89 Å². The van der Waals surface area contributed by atoms with Crippen LogP contribution in [0.1, 0.15) is 16.2 Å². The van der Waals surface area contributed by atoms with Crippen molar-refractivity contribution in [2.45, 2.75) is 6.92 Å². The fraction of sp³-hybridized carbons (Fsp3) is 0.0769. The third-order valence-corrected chi connectivity index (χ3v) is 3.78. The minimum atomic E-state index is -1.13. The van der Waals surface area contributed by atoms with Gasteiger partial charge >= 0.3 is 5.97 Å². The van der Waals surface area contributed by atoms with E-state index in [1.54, 1.807) is 19.1 Å². The molecule has 0 radical (unpaired) electrons. The molecular formula is C13H8FNO3S. The van der Waals surface area contributed by atoms with Gasteiger partial charge in [0.25, 0.3) is 0 Å². The molecule has 4 nitrogen and oxygen atoms in total. The minimum absolute atomic E-state index is 0.0985. The van der Waals surface area contributed by atoms with E-state index in [9.17, 15) is 9.18 Å². The normalized spacial score (nSPS) is 11.1. The van der Waals surface area contributed by atoms with E-state index in [1.165, 1.54) is 23.5 Å². The number of nitrogens with zero attached hydrogens (tertiary/aromatic N) is 1. The zero-order valence-electron chi connectivity index (χ0n) is 9.81. The summed E-state index contributed by atoms with van der Waals surface area (Å²) in [7, 11) is 0. The molecule has 3 rings (SSSR count). The summed E-state index contributed by atoms with van der Waals surface area (Å²) in [4.78, 5) is 15.5. The molecule has 2 heterocycles. The fourth-order valence-corrected chi connectivity index (χ4v) is 2.82. The molecule has 0 fully saturated rings. The summed E-state index contributed by atoms with van der Waals surface area (Å²) in [6, 6.07) is 6.27. The summed E-state index contributed by atoms with van der Waals surface area (Å²) in [5.74, 6) is -0.932. The highest BCUT2D eigenvalue weighted by Crippen LogP contribution is 2.34. The van der Waals surface area contributed by atoms with Gasteiger partial charge in [0, 0.05) is 4.70 Å². The van der Waals surface area contributed by atoms with Crippen LogP contribution < -0.4 is 0 Å². The van der Waals surface area contributed by atoms with Crippen LogP contribution in [-0.2, 0) is 0 Å². The van der Waals surface area contributed by atoms with Crippen molar-refractivity contribution in [2.75, 3.05) is 0 Å². The quantitative estimate of drug-likeness (QED) is 0.775. The lowest BCUT2D eigenvalue weighted by molar-refractivity contribution is 0.0689.